The van der Waals surface area contributed by atoms with E-state index >= 15 is 0 Å². The SMILES string of the molecule is CC(C)CCC[C@@H](C)CC1=C(O)C(=O)CC1(C)C. The molecule has 1 N–H and O–H groups in total. The van der Waals surface area contributed by atoms with E-state index in [0.717, 1.165) is 17.9 Å². The summed E-state index contributed by atoms with van der Waals surface area (Å²) in [6.45, 7) is 10.8. The number of hydrogen-bond donors (Lipinski definition) is 1. The average molecular weight is 252 g/mol. The number of rotatable bonds is 6. The smallest absolute Gasteiger partial charge is 0.197 e. The van der Waals surface area contributed by atoms with Gasteiger partial charge in [0, 0.05) is 6.42 Å². The third kappa shape index (κ3) is 3.86. The summed E-state index contributed by atoms with van der Waals surface area (Å²) >= 11 is 0. The third-order valence-electron chi connectivity index (χ3n) is 4.00. The Morgan fingerprint density at radius 2 is 1.83 bits per heavy atom. The van der Waals surface area contributed by atoms with Crippen molar-refractivity contribution in [3.05, 3.63) is 11.3 Å². The van der Waals surface area contributed by atoms with E-state index in [1.807, 2.05) is 0 Å². The Labute approximate surface area is 111 Å². The highest BCUT2D eigenvalue weighted by Gasteiger charge is 2.38. The number of carbonyl (C=O) groups is 1. The number of aliphatic hydroxyl groups is 1. The Morgan fingerprint density at radius 1 is 1.22 bits per heavy atom. The Balaban J connectivity index is 2.53. The van der Waals surface area contributed by atoms with Crippen LogP contribution in [-0.2, 0) is 4.79 Å². The van der Waals surface area contributed by atoms with Gasteiger partial charge in [0.15, 0.2) is 11.5 Å². The van der Waals surface area contributed by atoms with Gasteiger partial charge in [0.25, 0.3) is 0 Å². The van der Waals surface area contributed by atoms with Gasteiger partial charge in [0.1, 0.15) is 0 Å². The largest absolute Gasteiger partial charge is 0.504 e. The second-order valence-electron chi connectivity index (χ2n) is 6.95. The molecular weight excluding hydrogens is 224 g/mol. The maximum atomic E-state index is 11.6. The van der Waals surface area contributed by atoms with Gasteiger partial charge in [-0.1, -0.05) is 53.9 Å². The van der Waals surface area contributed by atoms with Crippen molar-refractivity contribution >= 4 is 5.78 Å². The zero-order valence-corrected chi connectivity index (χ0v) is 12.5. The van der Waals surface area contributed by atoms with Crippen LogP contribution < -0.4 is 0 Å². The molecule has 0 unspecified atom stereocenters. The van der Waals surface area contributed by atoms with Crippen LogP contribution in [-0.4, -0.2) is 10.9 Å². The number of carbonyl (C=O) groups excluding carboxylic acids is 1. The highest BCUT2D eigenvalue weighted by atomic mass is 16.3. The molecule has 0 amide bonds. The van der Waals surface area contributed by atoms with E-state index in [0.29, 0.717) is 12.3 Å². The molecule has 0 aliphatic heterocycles. The van der Waals surface area contributed by atoms with Gasteiger partial charge in [0.2, 0.25) is 0 Å². The van der Waals surface area contributed by atoms with Gasteiger partial charge in [-0.3, -0.25) is 4.79 Å². The number of aliphatic hydroxyl groups excluding tert-OH is 1. The average Bonchev–Trinajstić information content (AvgIpc) is 2.40. The number of hydrogen-bond acceptors (Lipinski definition) is 2. The van der Waals surface area contributed by atoms with Gasteiger partial charge in [-0.2, -0.15) is 0 Å². The van der Waals surface area contributed by atoms with Crippen molar-refractivity contribution in [3.8, 4) is 0 Å². The molecule has 1 aliphatic rings. The molecule has 0 saturated heterocycles. The van der Waals surface area contributed by atoms with E-state index in [-0.39, 0.29) is 17.0 Å². The quantitative estimate of drug-likeness (QED) is 0.747. The summed E-state index contributed by atoms with van der Waals surface area (Å²) in [5, 5.41) is 9.89. The molecule has 0 heterocycles. The maximum Gasteiger partial charge on any atom is 0.197 e. The molecule has 0 aromatic heterocycles. The predicted molar refractivity (Wildman–Crippen MR) is 75.5 cm³/mol. The lowest BCUT2D eigenvalue weighted by Crippen LogP contribution is -2.13. The van der Waals surface area contributed by atoms with Gasteiger partial charge >= 0.3 is 0 Å². The van der Waals surface area contributed by atoms with Crippen LogP contribution in [0.3, 0.4) is 0 Å². The summed E-state index contributed by atoms with van der Waals surface area (Å²) in [4.78, 5) is 11.6. The molecule has 104 valence electrons. The van der Waals surface area contributed by atoms with E-state index in [2.05, 4.69) is 34.6 Å². The van der Waals surface area contributed by atoms with Crippen LogP contribution in [0.25, 0.3) is 0 Å². The zero-order valence-electron chi connectivity index (χ0n) is 12.5. The van der Waals surface area contributed by atoms with Crippen LogP contribution >= 0.6 is 0 Å². The minimum absolute atomic E-state index is 0.0516. The molecule has 2 nitrogen and oxygen atoms in total. The minimum Gasteiger partial charge on any atom is -0.504 e. The van der Waals surface area contributed by atoms with Gasteiger partial charge in [0.05, 0.1) is 0 Å². The molecule has 0 bridgehead atoms. The van der Waals surface area contributed by atoms with Crippen molar-refractivity contribution in [3.63, 3.8) is 0 Å². The monoisotopic (exact) mass is 252 g/mol. The van der Waals surface area contributed by atoms with Crippen molar-refractivity contribution < 1.29 is 9.90 Å². The van der Waals surface area contributed by atoms with E-state index in [9.17, 15) is 9.90 Å². The molecule has 0 fully saturated rings. The molecule has 1 atom stereocenters. The topological polar surface area (TPSA) is 37.3 Å². The lowest BCUT2D eigenvalue weighted by molar-refractivity contribution is -0.117. The first-order chi connectivity index (χ1) is 8.24. The summed E-state index contributed by atoms with van der Waals surface area (Å²) in [7, 11) is 0. The van der Waals surface area contributed by atoms with Crippen molar-refractivity contribution in [2.45, 2.75) is 66.7 Å². The van der Waals surface area contributed by atoms with Gasteiger partial charge in [-0.15, -0.1) is 0 Å². The number of Topliss-reactive ketones (excluding diaryl/α,β-unsaturated/α-hetero) is 1. The lowest BCUT2D eigenvalue weighted by atomic mass is 9.80. The molecular formula is C16H28O2. The minimum atomic E-state index is -0.145. The first-order valence-corrected chi connectivity index (χ1v) is 7.20. The second kappa shape index (κ2) is 5.90. The molecule has 0 aromatic rings. The van der Waals surface area contributed by atoms with Crippen LogP contribution in [0, 0.1) is 17.3 Å². The fourth-order valence-corrected chi connectivity index (χ4v) is 2.78. The van der Waals surface area contributed by atoms with Gasteiger partial charge in [-0.25, -0.2) is 0 Å². The zero-order chi connectivity index (χ0) is 13.9. The van der Waals surface area contributed by atoms with E-state index in [1.54, 1.807) is 0 Å². The Kier molecular flexibility index (Phi) is 5.01. The van der Waals surface area contributed by atoms with Crippen LogP contribution in [0.4, 0.5) is 0 Å². The second-order valence-corrected chi connectivity index (χ2v) is 6.95. The molecule has 1 aliphatic carbocycles. The normalized spacial score (nSPS) is 20.9. The lowest BCUT2D eigenvalue weighted by Gasteiger charge is -2.23. The Bertz CT molecular complexity index is 337. The molecule has 0 spiro atoms. The number of allylic oxidation sites excluding steroid dienone is 2. The molecule has 0 aromatic carbocycles. The molecule has 18 heavy (non-hydrogen) atoms. The first kappa shape index (κ1) is 15.3. The molecule has 0 radical (unpaired) electrons. The van der Waals surface area contributed by atoms with Crippen molar-refractivity contribution in [2.24, 2.45) is 17.3 Å². The van der Waals surface area contributed by atoms with Crippen molar-refractivity contribution in [1.82, 2.24) is 0 Å². The van der Waals surface area contributed by atoms with Crippen LogP contribution in [0.2, 0.25) is 0 Å². The van der Waals surface area contributed by atoms with E-state index in [4.69, 9.17) is 0 Å². The highest BCUT2D eigenvalue weighted by molar-refractivity contribution is 5.97. The summed E-state index contributed by atoms with van der Waals surface area (Å²) in [5.41, 5.74) is 0.831. The van der Waals surface area contributed by atoms with Gasteiger partial charge < -0.3 is 5.11 Å². The van der Waals surface area contributed by atoms with Crippen LogP contribution in [0.5, 0.6) is 0 Å². The Morgan fingerprint density at radius 3 is 2.28 bits per heavy atom. The third-order valence-corrected chi connectivity index (χ3v) is 4.00. The van der Waals surface area contributed by atoms with Crippen molar-refractivity contribution in [2.75, 3.05) is 0 Å². The van der Waals surface area contributed by atoms with Crippen LogP contribution in [0.1, 0.15) is 66.7 Å². The maximum absolute atomic E-state index is 11.6. The van der Waals surface area contributed by atoms with E-state index in [1.165, 1.54) is 19.3 Å². The summed E-state index contributed by atoms with van der Waals surface area (Å²) in [6, 6.07) is 0. The summed E-state index contributed by atoms with van der Waals surface area (Å²) in [6.07, 6.45) is 5.01. The standard InChI is InChI=1S/C16H28O2/c1-11(2)7-6-8-12(3)9-13-15(18)14(17)10-16(13,4)5/h11-12,18H,6-10H2,1-5H3/t12-/m1/s1. The van der Waals surface area contributed by atoms with Gasteiger partial charge in [-0.05, 0) is 29.2 Å². The molecule has 2 heteroatoms. The number of ketones is 1. The first-order valence-electron chi connectivity index (χ1n) is 7.20. The van der Waals surface area contributed by atoms with E-state index < -0.39 is 0 Å². The van der Waals surface area contributed by atoms with Crippen LogP contribution in [0.15, 0.2) is 11.3 Å². The predicted octanol–water partition coefficient (Wildman–Crippen LogP) is 4.65. The molecule has 1 rings (SSSR count). The summed E-state index contributed by atoms with van der Waals surface area (Å²) < 4.78 is 0. The fourth-order valence-electron chi connectivity index (χ4n) is 2.78. The van der Waals surface area contributed by atoms with Crippen molar-refractivity contribution in [1.29, 1.82) is 0 Å². The fraction of sp³-hybridized carbons (Fsp3) is 0.812. The summed E-state index contributed by atoms with van der Waals surface area (Å²) in [5.74, 6) is 1.28. The highest BCUT2D eigenvalue weighted by Crippen LogP contribution is 2.43. The Hall–Kier alpha value is -0.790. The molecule has 0 saturated carbocycles.